The summed E-state index contributed by atoms with van der Waals surface area (Å²) in [4.78, 5) is 12.7. The first-order chi connectivity index (χ1) is 15.3. The summed E-state index contributed by atoms with van der Waals surface area (Å²) in [5.74, 6) is -1.12. The number of rotatable bonds is 8. The molecule has 0 atom stereocenters. The third-order valence-corrected chi connectivity index (χ3v) is 6.75. The van der Waals surface area contributed by atoms with Crippen molar-refractivity contribution in [2.45, 2.75) is 25.2 Å². The molecule has 1 N–H and O–H groups in total. The Bertz CT molecular complexity index is 1210. The monoisotopic (exact) mass is 456 g/mol. The van der Waals surface area contributed by atoms with Crippen molar-refractivity contribution in [3.8, 4) is 5.75 Å². The summed E-state index contributed by atoms with van der Waals surface area (Å²) < 4.78 is 47.6. The van der Waals surface area contributed by atoms with Crippen LogP contribution in [-0.2, 0) is 21.2 Å². The molecule has 168 valence electrons. The number of para-hydroxylation sites is 1. The average molecular weight is 457 g/mol. The third kappa shape index (κ3) is 5.08. The number of sulfonamides is 1. The number of carbonyl (C=O) groups is 1. The number of amides is 1. The van der Waals surface area contributed by atoms with Gasteiger partial charge in [0.25, 0.3) is 10.0 Å². The molecule has 0 heterocycles. The predicted octanol–water partition coefficient (Wildman–Crippen LogP) is 4.54. The van der Waals surface area contributed by atoms with Crippen molar-refractivity contribution in [3.63, 3.8) is 0 Å². The Hall–Kier alpha value is -3.39. The summed E-state index contributed by atoms with van der Waals surface area (Å²) in [5, 5.41) is 2.45. The number of methoxy groups -OCH3 is 1. The van der Waals surface area contributed by atoms with Gasteiger partial charge < -0.3 is 10.1 Å². The molecule has 6 nitrogen and oxygen atoms in total. The van der Waals surface area contributed by atoms with E-state index in [9.17, 15) is 17.6 Å². The number of halogens is 1. The van der Waals surface area contributed by atoms with Gasteiger partial charge in [-0.1, -0.05) is 37.3 Å². The Labute approximate surface area is 187 Å². The number of anilines is 2. The number of aryl methyl sites for hydroxylation is 2. The lowest BCUT2D eigenvalue weighted by molar-refractivity contribution is -0.114. The summed E-state index contributed by atoms with van der Waals surface area (Å²) in [7, 11) is -2.80. The molecule has 3 aromatic rings. The van der Waals surface area contributed by atoms with Crippen molar-refractivity contribution in [1.82, 2.24) is 0 Å². The van der Waals surface area contributed by atoms with Gasteiger partial charge in [-0.15, -0.1) is 0 Å². The molecule has 3 aromatic carbocycles. The molecule has 1 amide bonds. The first-order valence-electron chi connectivity index (χ1n) is 10.1. The lowest BCUT2D eigenvalue weighted by Gasteiger charge is -2.25. The van der Waals surface area contributed by atoms with Crippen LogP contribution in [0.1, 0.15) is 18.1 Å². The van der Waals surface area contributed by atoms with Gasteiger partial charge in [0.05, 0.1) is 18.5 Å². The molecule has 0 bridgehead atoms. The zero-order valence-electron chi connectivity index (χ0n) is 18.1. The van der Waals surface area contributed by atoms with Gasteiger partial charge in [-0.3, -0.25) is 9.10 Å². The molecule has 32 heavy (non-hydrogen) atoms. The van der Waals surface area contributed by atoms with Crippen LogP contribution in [0.2, 0.25) is 0 Å². The number of hydrogen-bond donors (Lipinski definition) is 1. The van der Waals surface area contributed by atoms with E-state index in [1.165, 1.54) is 31.4 Å². The number of nitrogens with one attached hydrogen (secondary N) is 1. The molecule has 0 radical (unpaired) electrons. The lowest BCUT2D eigenvalue weighted by atomic mass is 10.1. The Balaban J connectivity index is 2.03. The van der Waals surface area contributed by atoms with Gasteiger partial charge in [-0.05, 0) is 60.9 Å². The second-order valence-corrected chi connectivity index (χ2v) is 9.04. The summed E-state index contributed by atoms with van der Waals surface area (Å²) in [6.45, 7) is 3.21. The number of carbonyl (C=O) groups excluding carboxylic acids is 1. The first kappa shape index (κ1) is 23.3. The van der Waals surface area contributed by atoms with Crippen LogP contribution in [0.5, 0.6) is 5.75 Å². The molecule has 0 spiro atoms. The van der Waals surface area contributed by atoms with Crippen molar-refractivity contribution < 1.29 is 22.3 Å². The summed E-state index contributed by atoms with van der Waals surface area (Å²) in [6.07, 6.45) is 0.784. The summed E-state index contributed by atoms with van der Waals surface area (Å²) in [6, 6.07) is 17.4. The van der Waals surface area contributed by atoms with Gasteiger partial charge in [0, 0.05) is 0 Å². The average Bonchev–Trinajstić information content (AvgIpc) is 2.79. The quantitative estimate of drug-likeness (QED) is 0.540. The normalized spacial score (nSPS) is 11.1. The maximum atomic E-state index is 14.0. The highest BCUT2D eigenvalue weighted by molar-refractivity contribution is 7.93. The molecule has 0 fully saturated rings. The predicted molar refractivity (Wildman–Crippen MR) is 123 cm³/mol. The minimum absolute atomic E-state index is 0.0238. The highest BCUT2D eigenvalue weighted by Gasteiger charge is 2.30. The van der Waals surface area contributed by atoms with Crippen LogP contribution in [0.15, 0.2) is 71.6 Å². The topological polar surface area (TPSA) is 75.7 Å². The first-order valence-corrected chi connectivity index (χ1v) is 11.5. The van der Waals surface area contributed by atoms with Crippen LogP contribution in [0.4, 0.5) is 15.8 Å². The molecule has 0 saturated heterocycles. The van der Waals surface area contributed by atoms with E-state index in [-0.39, 0.29) is 16.3 Å². The molecule has 0 aliphatic rings. The molecule has 0 aliphatic heterocycles. The molecule has 0 aliphatic carbocycles. The summed E-state index contributed by atoms with van der Waals surface area (Å²) >= 11 is 0. The van der Waals surface area contributed by atoms with Gasteiger partial charge in [-0.2, -0.15) is 0 Å². The van der Waals surface area contributed by atoms with E-state index in [0.717, 1.165) is 21.9 Å². The largest absolute Gasteiger partial charge is 0.495 e. The standard InChI is InChI=1S/C24H25FN2O4S/c1-4-18-10-12-19(13-11-18)27(16-24(28)26-21-8-6-5-7-20(21)25)32(29,30)23-15-17(2)9-14-22(23)31-3/h5-15H,4,16H2,1-3H3,(H,26,28). The van der Waals surface area contributed by atoms with Crippen LogP contribution in [0, 0.1) is 12.7 Å². The fourth-order valence-corrected chi connectivity index (χ4v) is 4.86. The highest BCUT2D eigenvalue weighted by Crippen LogP contribution is 2.31. The highest BCUT2D eigenvalue weighted by atomic mass is 32.2. The lowest BCUT2D eigenvalue weighted by Crippen LogP contribution is -2.38. The Kier molecular flexibility index (Phi) is 7.15. The van der Waals surface area contributed by atoms with Crippen molar-refractivity contribution >= 4 is 27.3 Å². The second-order valence-electron chi connectivity index (χ2n) is 7.21. The second kappa shape index (κ2) is 9.82. The van der Waals surface area contributed by atoms with Gasteiger partial charge in [0.1, 0.15) is 23.0 Å². The van der Waals surface area contributed by atoms with Gasteiger partial charge >= 0.3 is 0 Å². The van der Waals surface area contributed by atoms with Crippen molar-refractivity contribution in [1.29, 1.82) is 0 Å². The van der Waals surface area contributed by atoms with Gasteiger partial charge in [0.15, 0.2) is 0 Å². The van der Waals surface area contributed by atoms with Crippen LogP contribution < -0.4 is 14.4 Å². The van der Waals surface area contributed by atoms with Crippen molar-refractivity contribution in [2.75, 3.05) is 23.3 Å². The molecule has 3 rings (SSSR count). The van der Waals surface area contributed by atoms with E-state index in [0.29, 0.717) is 5.69 Å². The van der Waals surface area contributed by atoms with Crippen LogP contribution in [0.3, 0.4) is 0 Å². The number of benzene rings is 3. The van der Waals surface area contributed by atoms with Crippen molar-refractivity contribution in [3.05, 3.63) is 83.7 Å². The zero-order chi connectivity index (χ0) is 23.3. The van der Waals surface area contributed by atoms with Gasteiger partial charge in [-0.25, -0.2) is 12.8 Å². The van der Waals surface area contributed by atoms with Crippen LogP contribution in [-0.4, -0.2) is 28.0 Å². The van der Waals surface area contributed by atoms with Crippen LogP contribution >= 0.6 is 0 Å². The SMILES string of the molecule is CCc1ccc(N(CC(=O)Nc2ccccc2F)S(=O)(=O)c2cc(C)ccc2OC)cc1. The molecular formula is C24H25FN2O4S. The Morgan fingerprint density at radius 1 is 1.06 bits per heavy atom. The Morgan fingerprint density at radius 2 is 1.75 bits per heavy atom. The number of ether oxygens (including phenoxy) is 1. The van der Waals surface area contributed by atoms with E-state index in [1.54, 1.807) is 49.4 Å². The fraction of sp³-hybridized carbons (Fsp3) is 0.208. The fourth-order valence-electron chi connectivity index (χ4n) is 3.20. The van der Waals surface area contributed by atoms with E-state index in [4.69, 9.17) is 4.74 Å². The van der Waals surface area contributed by atoms with E-state index >= 15 is 0 Å². The molecule has 0 aromatic heterocycles. The van der Waals surface area contributed by atoms with Gasteiger partial charge in [0.2, 0.25) is 5.91 Å². The molecular weight excluding hydrogens is 431 g/mol. The summed E-state index contributed by atoms with van der Waals surface area (Å²) in [5.41, 5.74) is 2.04. The zero-order valence-corrected chi connectivity index (χ0v) is 18.9. The number of hydrogen-bond acceptors (Lipinski definition) is 4. The van der Waals surface area contributed by atoms with E-state index < -0.39 is 28.3 Å². The van der Waals surface area contributed by atoms with E-state index in [1.807, 2.05) is 6.92 Å². The Morgan fingerprint density at radius 3 is 2.38 bits per heavy atom. The maximum absolute atomic E-state index is 14.0. The maximum Gasteiger partial charge on any atom is 0.268 e. The third-order valence-electron chi connectivity index (χ3n) is 4.95. The van der Waals surface area contributed by atoms with Crippen LogP contribution in [0.25, 0.3) is 0 Å². The van der Waals surface area contributed by atoms with Crippen molar-refractivity contribution in [2.24, 2.45) is 0 Å². The molecule has 0 unspecified atom stereocenters. The molecule has 0 saturated carbocycles. The molecule has 8 heteroatoms. The smallest absolute Gasteiger partial charge is 0.268 e. The number of nitrogens with zero attached hydrogens (tertiary/aromatic N) is 1. The van der Waals surface area contributed by atoms with E-state index in [2.05, 4.69) is 5.32 Å². The minimum atomic E-state index is -4.18. The minimum Gasteiger partial charge on any atom is -0.495 e.